The minimum atomic E-state index is -0.207. The van der Waals surface area contributed by atoms with Gasteiger partial charge in [0, 0.05) is 32.9 Å². The van der Waals surface area contributed by atoms with Crippen molar-refractivity contribution >= 4 is 5.95 Å². The first kappa shape index (κ1) is 14.3. The highest BCUT2D eigenvalue weighted by Gasteiger charge is 2.36. The third-order valence-corrected chi connectivity index (χ3v) is 3.52. The fourth-order valence-electron chi connectivity index (χ4n) is 2.35. The van der Waals surface area contributed by atoms with E-state index in [9.17, 15) is 0 Å². The molecule has 1 fully saturated rings. The van der Waals surface area contributed by atoms with E-state index >= 15 is 0 Å². The molecule has 1 atom stereocenters. The third-order valence-electron chi connectivity index (χ3n) is 3.52. The molecule has 1 N–H and O–H groups in total. The van der Waals surface area contributed by atoms with E-state index < -0.39 is 0 Å². The SMILES string of the molecule is COC1(Cn2cc(C)nc2NCC(C)C)CCOC1. The second-order valence-electron chi connectivity index (χ2n) is 5.80. The number of rotatable bonds is 6. The zero-order chi connectivity index (χ0) is 13.9. The fourth-order valence-corrected chi connectivity index (χ4v) is 2.35. The van der Waals surface area contributed by atoms with Crippen LogP contribution >= 0.6 is 0 Å². The molecule has 108 valence electrons. The Morgan fingerprint density at radius 1 is 1.58 bits per heavy atom. The second kappa shape index (κ2) is 5.92. The van der Waals surface area contributed by atoms with Crippen LogP contribution in [0.5, 0.6) is 0 Å². The molecule has 1 aromatic rings. The van der Waals surface area contributed by atoms with Crippen molar-refractivity contribution in [1.29, 1.82) is 0 Å². The summed E-state index contributed by atoms with van der Waals surface area (Å²) in [6.45, 7) is 9.53. The average molecular weight is 267 g/mol. The van der Waals surface area contributed by atoms with Gasteiger partial charge in [-0.2, -0.15) is 0 Å². The molecule has 2 rings (SSSR count). The predicted octanol–water partition coefficient (Wildman–Crippen LogP) is 2.06. The monoisotopic (exact) mass is 267 g/mol. The maximum absolute atomic E-state index is 5.69. The summed E-state index contributed by atoms with van der Waals surface area (Å²) >= 11 is 0. The molecule has 1 aliphatic rings. The summed E-state index contributed by atoms with van der Waals surface area (Å²) in [6.07, 6.45) is 3.01. The highest BCUT2D eigenvalue weighted by molar-refractivity contribution is 5.29. The lowest BCUT2D eigenvalue weighted by Gasteiger charge is -2.27. The van der Waals surface area contributed by atoms with Crippen molar-refractivity contribution in [2.24, 2.45) is 5.92 Å². The van der Waals surface area contributed by atoms with Crippen LogP contribution in [0.3, 0.4) is 0 Å². The van der Waals surface area contributed by atoms with Crippen molar-refractivity contribution in [3.63, 3.8) is 0 Å². The van der Waals surface area contributed by atoms with Gasteiger partial charge in [-0.3, -0.25) is 0 Å². The lowest BCUT2D eigenvalue weighted by molar-refractivity contribution is -0.0291. The molecule has 5 nitrogen and oxygen atoms in total. The largest absolute Gasteiger partial charge is 0.378 e. The first-order valence-electron chi connectivity index (χ1n) is 6.95. The molecule has 0 amide bonds. The molecule has 0 bridgehead atoms. The standard InChI is InChI=1S/C14H25N3O2/c1-11(2)7-15-13-16-12(3)8-17(13)9-14(18-4)5-6-19-10-14/h8,11H,5-7,9-10H2,1-4H3,(H,15,16). The number of imidazole rings is 1. The lowest BCUT2D eigenvalue weighted by Crippen LogP contribution is -2.37. The van der Waals surface area contributed by atoms with Gasteiger partial charge in [-0.15, -0.1) is 0 Å². The molecule has 0 spiro atoms. The molecule has 19 heavy (non-hydrogen) atoms. The van der Waals surface area contributed by atoms with Crippen molar-refractivity contribution in [2.45, 2.75) is 39.3 Å². The Bertz CT molecular complexity index is 409. The van der Waals surface area contributed by atoms with E-state index in [0.29, 0.717) is 12.5 Å². The summed E-state index contributed by atoms with van der Waals surface area (Å²) in [6, 6.07) is 0. The Labute approximate surface area is 115 Å². The quantitative estimate of drug-likeness (QED) is 0.857. The van der Waals surface area contributed by atoms with Gasteiger partial charge < -0.3 is 19.4 Å². The number of aryl methyl sites for hydroxylation is 1. The van der Waals surface area contributed by atoms with Crippen molar-refractivity contribution in [2.75, 3.05) is 32.2 Å². The number of aromatic nitrogens is 2. The first-order chi connectivity index (χ1) is 9.04. The normalized spacial score (nSPS) is 23.2. The van der Waals surface area contributed by atoms with Crippen molar-refractivity contribution in [3.05, 3.63) is 11.9 Å². The number of nitrogens with one attached hydrogen (secondary N) is 1. The maximum atomic E-state index is 5.69. The Balaban J connectivity index is 2.10. The van der Waals surface area contributed by atoms with Crippen LogP contribution in [0.2, 0.25) is 0 Å². The molecule has 1 aromatic heterocycles. The molecule has 1 unspecified atom stereocenters. The topological polar surface area (TPSA) is 48.3 Å². The van der Waals surface area contributed by atoms with Crippen molar-refractivity contribution < 1.29 is 9.47 Å². The Kier molecular flexibility index (Phi) is 4.47. The zero-order valence-corrected chi connectivity index (χ0v) is 12.4. The summed E-state index contributed by atoms with van der Waals surface area (Å²) in [5, 5.41) is 3.40. The van der Waals surface area contributed by atoms with E-state index in [1.807, 2.05) is 6.92 Å². The molecule has 0 radical (unpaired) electrons. The van der Waals surface area contributed by atoms with E-state index in [2.05, 4.69) is 34.9 Å². The number of hydrogen-bond donors (Lipinski definition) is 1. The van der Waals surface area contributed by atoms with Crippen LogP contribution < -0.4 is 5.32 Å². The van der Waals surface area contributed by atoms with Gasteiger partial charge in [0.1, 0.15) is 5.60 Å². The van der Waals surface area contributed by atoms with Gasteiger partial charge in [0.05, 0.1) is 18.8 Å². The minimum absolute atomic E-state index is 0.207. The van der Waals surface area contributed by atoms with Gasteiger partial charge >= 0.3 is 0 Å². The van der Waals surface area contributed by atoms with Gasteiger partial charge in [-0.1, -0.05) is 13.8 Å². The van der Waals surface area contributed by atoms with Crippen LogP contribution in [-0.4, -0.2) is 42.0 Å². The zero-order valence-electron chi connectivity index (χ0n) is 12.4. The van der Waals surface area contributed by atoms with Crippen LogP contribution in [0.1, 0.15) is 26.0 Å². The van der Waals surface area contributed by atoms with Gasteiger partial charge in [0.2, 0.25) is 5.95 Å². The molecule has 5 heteroatoms. The number of anilines is 1. The number of hydrogen-bond acceptors (Lipinski definition) is 4. The van der Waals surface area contributed by atoms with E-state index in [1.54, 1.807) is 7.11 Å². The minimum Gasteiger partial charge on any atom is -0.378 e. The third kappa shape index (κ3) is 3.48. The first-order valence-corrected chi connectivity index (χ1v) is 6.95. The predicted molar refractivity (Wildman–Crippen MR) is 75.5 cm³/mol. The van der Waals surface area contributed by atoms with Crippen molar-refractivity contribution in [1.82, 2.24) is 9.55 Å². The molecule has 2 heterocycles. The second-order valence-corrected chi connectivity index (χ2v) is 5.80. The van der Waals surface area contributed by atoms with Crippen LogP contribution in [0, 0.1) is 12.8 Å². The lowest BCUT2D eigenvalue weighted by atomic mass is 10.0. The summed E-state index contributed by atoms with van der Waals surface area (Å²) < 4.78 is 13.3. The summed E-state index contributed by atoms with van der Waals surface area (Å²) in [5.41, 5.74) is 0.818. The Morgan fingerprint density at radius 2 is 2.37 bits per heavy atom. The smallest absolute Gasteiger partial charge is 0.203 e. The number of methoxy groups -OCH3 is 1. The Hall–Kier alpha value is -1.07. The van der Waals surface area contributed by atoms with E-state index in [1.165, 1.54) is 0 Å². The van der Waals surface area contributed by atoms with Gasteiger partial charge in [-0.05, 0) is 12.8 Å². The highest BCUT2D eigenvalue weighted by Crippen LogP contribution is 2.26. The summed E-state index contributed by atoms with van der Waals surface area (Å²) in [7, 11) is 1.76. The summed E-state index contributed by atoms with van der Waals surface area (Å²) in [5.74, 6) is 1.52. The highest BCUT2D eigenvalue weighted by atomic mass is 16.5. The molecule has 0 saturated carbocycles. The molecular weight excluding hydrogens is 242 g/mol. The average Bonchev–Trinajstić information content (AvgIpc) is 2.95. The van der Waals surface area contributed by atoms with Gasteiger partial charge in [0.25, 0.3) is 0 Å². The van der Waals surface area contributed by atoms with Crippen molar-refractivity contribution in [3.8, 4) is 0 Å². The maximum Gasteiger partial charge on any atom is 0.203 e. The summed E-state index contributed by atoms with van der Waals surface area (Å²) in [4.78, 5) is 4.55. The van der Waals surface area contributed by atoms with Crippen LogP contribution in [-0.2, 0) is 16.0 Å². The number of nitrogens with zero attached hydrogens (tertiary/aromatic N) is 2. The van der Waals surface area contributed by atoms with Crippen LogP contribution in [0.15, 0.2) is 6.20 Å². The van der Waals surface area contributed by atoms with E-state index in [4.69, 9.17) is 9.47 Å². The molecule has 0 aliphatic carbocycles. The van der Waals surface area contributed by atoms with Crippen LogP contribution in [0.4, 0.5) is 5.95 Å². The number of ether oxygens (including phenoxy) is 2. The molecule has 1 saturated heterocycles. The van der Waals surface area contributed by atoms with Gasteiger partial charge in [0.15, 0.2) is 0 Å². The molecular formula is C14H25N3O2. The molecule has 1 aliphatic heterocycles. The van der Waals surface area contributed by atoms with Crippen LogP contribution in [0.25, 0.3) is 0 Å². The Morgan fingerprint density at radius 3 is 2.95 bits per heavy atom. The van der Waals surface area contributed by atoms with Gasteiger partial charge in [-0.25, -0.2) is 4.98 Å². The van der Waals surface area contributed by atoms with E-state index in [-0.39, 0.29) is 5.60 Å². The fraction of sp³-hybridized carbons (Fsp3) is 0.786. The van der Waals surface area contributed by atoms with E-state index in [0.717, 1.165) is 37.8 Å². The molecule has 0 aromatic carbocycles.